The number of nitrogens with one attached hydrogen (secondary N) is 1. The molecule has 0 radical (unpaired) electrons. The van der Waals surface area contributed by atoms with Crippen molar-refractivity contribution in [1.82, 2.24) is 10.2 Å². The van der Waals surface area contributed by atoms with E-state index in [1.165, 1.54) is 6.08 Å². The normalized spacial score (nSPS) is 10.6. The highest BCUT2D eigenvalue weighted by Gasteiger charge is 2.08. The van der Waals surface area contributed by atoms with Crippen molar-refractivity contribution < 1.29 is 19.1 Å². The van der Waals surface area contributed by atoms with Crippen LogP contribution in [0, 0.1) is 0 Å². The van der Waals surface area contributed by atoms with Crippen molar-refractivity contribution in [3.05, 3.63) is 65.2 Å². The van der Waals surface area contributed by atoms with Crippen LogP contribution in [0.5, 0.6) is 11.5 Å². The fraction of sp³-hybridized carbons (Fsp3) is 0.273. The number of nitrogens with zero attached hydrogens (tertiary/aromatic N) is 1. The van der Waals surface area contributed by atoms with E-state index in [0.29, 0.717) is 30.2 Å². The summed E-state index contributed by atoms with van der Waals surface area (Å²) in [7, 11) is 4.92. The van der Waals surface area contributed by atoms with Gasteiger partial charge in [-0.15, -0.1) is 0 Å². The second kappa shape index (κ2) is 10.2. The van der Waals surface area contributed by atoms with Crippen LogP contribution in [0.1, 0.15) is 28.4 Å². The van der Waals surface area contributed by atoms with E-state index < -0.39 is 0 Å². The molecule has 1 N–H and O–H groups in total. The van der Waals surface area contributed by atoms with Crippen molar-refractivity contribution in [1.29, 1.82) is 0 Å². The zero-order chi connectivity index (χ0) is 20.5. The van der Waals surface area contributed by atoms with E-state index in [0.717, 1.165) is 11.1 Å². The molecule has 2 amide bonds. The summed E-state index contributed by atoms with van der Waals surface area (Å²) in [6, 6.07) is 12.7. The van der Waals surface area contributed by atoms with Gasteiger partial charge in [0, 0.05) is 32.3 Å². The number of hydrogen-bond acceptors (Lipinski definition) is 4. The lowest BCUT2D eigenvalue weighted by molar-refractivity contribution is -0.125. The monoisotopic (exact) mass is 382 g/mol. The van der Waals surface area contributed by atoms with E-state index in [2.05, 4.69) is 5.32 Å². The maximum atomic E-state index is 12.4. The van der Waals surface area contributed by atoms with Gasteiger partial charge in [0.1, 0.15) is 0 Å². The summed E-state index contributed by atoms with van der Waals surface area (Å²) in [6.07, 6.45) is 3.27. The number of likely N-dealkylation sites (N-methyl/N-ethyl adjacent to an activating group) is 1. The van der Waals surface area contributed by atoms with E-state index in [-0.39, 0.29) is 11.8 Å². The van der Waals surface area contributed by atoms with Crippen molar-refractivity contribution in [2.75, 3.05) is 27.8 Å². The van der Waals surface area contributed by atoms with Gasteiger partial charge in [0.2, 0.25) is 5.91 Å². The van der Waals surface area contributed by atoms with Gasteiger partial charge < -0.3 is 19.7 Å². The molecule has 0 fully saturated rings. The van der Waals surface area contributed by atoms with Crippen LogP contribution in [-0.4, -0.2) is 44.5 Å². The highest BCUT2D eigenvalue weighted by atomic mass is 16.5. The Hall–Kier alpha value is -3.28. The summed E-state index contributed by atoms with van der Waals surface area (Å²) in [5.41, 5.74) is 2.38. The zero-order valence-electron chi connectivity index (χ0n) is 16.7. The molecule has 0 aliphatic heterocycles. The first-order chi connectivity index (χ1) is 13.5. The molecule has 148 valence electrons. The number of ether oxygens (including phenoxy) is 2. The van der Waals surface area contributed by atoms with Crippen LogP contribution in [0.3, 0.4) is 0 Å². The molecule has 0 aromatic heterocycles. The molecule has 0 spiro atoms. The number of amides is 2. The van der Waals surface area contributed by atoms with E-state index in [1.807, 2.05) is 37.3 Å². The molecule has 0 bridgehead atoms. The predicted molar refractivity (Wildman–Crippen MR) is 110 cm³/mol. The predicted octanol–water partition coefficient (Wildman–Crippen LogP) is 3.13. The third-order valence-corrected chi connectivity index (χ3v) is 4.15. The molecule has 0 unspecified atom stereocenters. The van der Waals surface area contributed by atoms with Crippen molar-refractivity contribution in [3.63, 3.8) is 0 Å². The van der Waals surface area contributed by atoms with Crippen LogP contribution in [0.2, 0.25) is 0 Å². The molecule has 0 aliphatic rings. The minimum absolute atomic E-state index is 0.121. The lowest BCUT2D eigenvalue weighted by Gasteiger charge is -2.15. The quantitative estimate of drug-likeness (QED) is 0.713. The summed E-state index contributed by atoms with van der Waals surface area (Å²) in [5, 5.41) is 2.58. The zero-order valence-corrected chi connectivity index (χ0v) is 16.7. The van der Waals surface area contributed by atoms with Gasteiger partial charge >= 0.3 is 0 Å². The lowest BCUT2D eigenvalue weighted by atomic mass is 10.1. The molecule has 2 rings (SSSR count). The first-order valence-electron chi connectivity index (χ1n) is 9.03. The topological polar surface area (TPSA) is 67.9 Å². The second-order valence-corrected chi connectivity index (χ2v) is 6.15. The maximum Gasteiger partial charge on any atom is 0.251 e. The van der Waals surface area contributed by atoms with Gasteiger partial charge in [-0.2, -0.15) is 0 Å². The SMILES string of the molecule is CCOc1cc(C=CC(=O)N(C)Cc2ccc(C(=O)NC)cc2)ccc1OC. The number of benzene rings is 2. The van der Waals surface area contributed by atoms with Gasteiger partial charge in [0.25, 0.3) is 5.91 Å². The van der Waals surface area contributed by atoms with Gasteiger partial charge in [0.15, 0.2) is 11.5 Å². The molecule has 6 heteroatoms. The Morgan fingerprint density at radius 2 is 1.82 bits per heavy atom. The van der Waals surface area contributed by atoms with Crippen LogP contribution in [-0.2, 0) is 11.3 Å². The number of rotatable bonds is 8. The van der Waals surface area contributed by atoms with Gasteiger partial charge in [-0.1, -0.05) is 18.2 Å². The number of carbonyl (C=O) groups is 2. The molecule has 28 heavy (non-hydrogen) atoms. The van der Waals surface area contributed by atoms with Crippen molar-refractivity contribution >= 4 is 17.9 Å². The summed E-state index contributed by atoms with van der Waals surface area (Å²) in [5.74, 6) is 1.04. The van der Waals surface area contributed by atoms with Crippen LogP contribution in [0.4, 0.5) is 0 Å². The van der Waals surface area contributed by atoms with Gasteiger partial charge in [-0.05, 0) is 48.4 Å². The minimum atomic E-state index is -0.134. The summed E-state index contributed by atoms with van der Waals surface area (Å²) >= 11 is 0. The standard InChI is InChI=1S/C22H26N2O4/c1-5-28-20-14-16(8-12-19(20)27-4)9-13-21(25)24(3)15-17-6-10-18(11-7-17)22(26)23-2/h6-14H,5,15H2,1-4H3,(H,23,26). The smallest absolute Gasteiger partial charge is 0.251 e. The van der Waals surface area contributed by atoms with Crippen LogP contribution in [0.25, 0.3) is 6.08 Å². The fourth-order valence-electron chi connectivity index (χ4n) is 2.62. The van der Waals surface area contributed by atoms with Gasteiger partial charge in [-0.25, -0.2) is 0 Å². The molecule has 0 saturated carbocycles. The number of methoxy groups -OCH3 is 1. The summed E-state index contributed by atoms with van der Waals surface area (Å²) in [4.78, 5) is 25.6. The van der Waals surface area contributed by atoms with Crippen molar-refractivity contribution in [3.8, 4) is 11.5 Å². The Morgan fingerprint density at radius 1 is 1.11 bits per heavy atom. The number of carbonyl (C=O) groups excluding carboxylic acids is 2. The van der Waals surface area contributed by atoms with Gasteiger partial charge in [-0.3, -0.25) is 9.59 Å². The Morgan fingerprint density at radius 3 is 2.43 bits per heavy atom. The average Bonchev–Trinajstić information content (AvgIpc) is 2.72. The van der Waals surface area contributed by atoms with Crippen molar-refractivity contribution in [2.24, 2.45) is 0 Å². The highest BCUT2D eigenvalue weighted by Crippen LogP contribution is 2.28. The molecule has 6 nitrogen and oxygen atoms in total. The lowest BCUT2D eigenvalue weighted by Crippen LogP contribution is -2.24. The molecule has 0 saturated heterocycles. The van der Waals surface area contributed by atoms with Crippen LogP contribution >= 0.6 is 0 Å². The Bertz CT molecular complexity index is 844. The highest BCUT2D eigenvalue weighted by molar-refractivity contribution is 5.94. The third kappa shape index (κ3) is 5.61. The largest absolute Gasteiger partial charge is 0.493 e. The fourth-order valence-corrected chi connectivity index (χ4v) is 2.62. The average molecular weight is 382 g/mol. The molecule has 2 aromatic carbocycles. The second-order valence-electron chi connectivity index (χ2n) is 6.15. The molecular weight excluding hydrogens is 356 g/mol. The van der Waals surface area contributed by atoms with E-state index in [4.69, 9.17) is 9.47 Å². The molecule has 0 aliphatic carbocycles. The van der Waals surface area contributed by atoms with Crippen LogP contribution < -0.4 is 14.8 Å². The molecular formula is C22H26N2O4. The van der Waals surface area contributed by atoms with Gasteiger partial charge in [0.05, 0.1) is 13.7 Å². The minimum Gasteiger partial charge on any atom is -0.493 e. The third-order valence-electron chi connectivity index (χ3n) is 4.15. The molecule has 0 atom stereocenters. The number of hydrogen-bond donors (Lipinski definition) is 1. The molecule has 2 aromatic rings. The van der Waals surface area contributed by atoms with E-state index in [1.54, 1.807) is 44.3 Å². The first-order valence-corrected chi connectivity index (χ1v) is 9.03. The Kier molecular flexibility index (Phi) is 7.63. The van der Waals surface area contributed by atoms with E-state index >= 15 is 0 Å². The summed E-state index contributed by atoms with van der Waals surface area (Å²) in [6.45, 7) is 2.88. The molecule has 0 heterocycles. The maximum absolute atomic E-state index is 12.4. The van der Waals surface area contributed by atoms with Crippen molar-refractivity contribution in [2.45, 2.75) is 13.5 Å². The first kappa shape index (κ1) is 21.0. The van der Waals surface area contributed by atoms with E-state index in [9.17, 15) is 9.59 Å². The Balaban J connectivity index is 2.01. The summed E-state index contributed by atoms with van der Waals surface area (Å²) < 4.78 is 10.8. The van der Waals surface area contributed by atoms with Crippen LogP contribution in [0.15, 0.2) is 48.5 Å². The Labute approximate surface area is 165 Å².